The van der Waals surface area contributed by atoms with Crippen LogP contribution in [0.25, 0.3) is 0 Å². The zero-order chi connectivity index (χ0) is 14.4. The monoisotopic (exact) mass is 274 g/mol. The van der Waals surface area contributed by atoms with Crippen molar-refractivity contribution >= 4 is 5.91 Å². The Morgan fingerprint density at radius 3 is 2.55 bits per heavy atom. The molecule has 1 fully saturated rings. The van der Waals surface area contributed by atoms with E-state index in [9.17, 15) is 4.79 Å². The van der Waals surface area contributed by atoms with E-state index in [1.165, 1.54) is 0 Å². The summed E-state index contributed by atoms with van der Waals surface area (Å²) in [5, 5.41) is 6.59. The molecule has 110 valence electrons. The van der Waals surface area contributed by atoms with Crippen molar-refractivity contribution in [3.63, 3.8) is 0 Å². The lowest BCUT2D eigenvalue weighted by Crippen LogP contribution is -2.45. The topological polar surface area (TPSA) is 41.1 Å². The van der Waals surface area contributed by atoms with Gasteiger partial charge in [0.25, 0.3) is 0 Å². The number of hydrogen-bond acceptors (Lipinski definition) is 2. The molecule has 1 amide bonds. The lowest BCUT2D eigenvalue weighted by molar-refractivity contribution is -0.124. The Morgan fingerprint density at radius 1 is 1.30 bits per heavy atom. The third-order valence-electron chi connectivity index (χ3n) is 4.34. The number of rotatable bonds is 5. The summed E-state index contributed by atoms with van der Waals surface area (Å²) >= 11 is 0. The zero-order valence-corrected chi connectivity index (χ0v) is 12.6. The van der Waals surface area contributed by atoms with E-state index in [2.05, 4.69) is 36.6 Å². The first-order valence-corrected chi connectivity index (χ1v) is 7.78. The molecule has 1 aliphatic heterocycles. The predicted molar refractivity (Wildman–Crippen MR) is 82.7 cm³/mol. The van der Waals surface area contributed by atoms with E-state index >= 15 is 0 Å². The SMILES string of the molecule is CCC(C)C(C(=O)NC1CCNCC1)c1ccccc1. The maximum Gasteiger partial charge on any atom is 0.228 e. The lowest BCUT2D eigenvalue weighted by atomic mass is 9.84. The first-order valence-electron chi connectivity index (χ1n) is 7.78. The Morgan fingerprint density at radius 2 is 1.95 bits per heavy atom. The van der Waals surface area contributed by atoms with E-state index in [1.54, 1.807) is 0 Å². The van der Waals surface area contributed by atoms with Gasteiger partial charge in [-0.25, -0.2) is 0 Å². The minimum atomic E-state index is -0.0314. The van der Waals surface area contributed by atoms with Crippen LogP contribution in [0.2, 0.25) is 0 Å². The van der Waals surface area contributed by atoms with Gasteiger partial charge in [-0.05, 0) is 37.4 Å². The summed E-state index contributed by atoms with van der Waals surface area (Å²) in [7, 11) is 0. The molecule has 2 unspecified atom stereocenters. The minimum absolute atomic E-state index is 0.0314. The molecule has 0 bridgehead atoms. The summed E-state index contributed by atoms with van der Waals surface area (Å²) in [5.74, 6) is 0.521. The van der Waals surface area contributed by atoms with Crippen molar-refractivity contribution in [2.24, 2.45) is 5.92 Å². The van der Waals surface area contributed by atoms with Crippen LogP contribution in [0.5, 0.6) is 0 Å². The van der Waals surface area contributed by atoms with Crippen molar-refractivity contribution in [1.29, 1.82) is 0 Å². The molecule has 1 aromatic rings. The van der Waals surface area contributed by atoms with Crippen molar-refractivity contribution < 1.29 is 4.79 Å². The third kappa shape index (κ3) is 3.83. The van der Waals surface area contributed by atoms with Gasteiger partial charge in [-0.1, -0.05) is 50.6 Å². The summed E-state index contributed by atoms with van der Waals surface area (Å²) in [6, 6.07) is 10.5. The number of amides is 1. The normalized spacial score (nSPS) is 19.3. The molecule has 0 spiro atoms. The number of carbonyl (C=O) groups is 1. The molecule has 1 saturated heterocycles. The van der Waals surface area contributed by atoms with Gasteiger partial charge in [0.15, 0.2) is 0 Å². The van der Waals surface area contributed by atoms with E-state index in [4.69, 9.17) is 0 Å². The van der Waals surface area contributed by atoms with Gasteiger partial charge in [-0.15, -0.1) is 0 Å². The van der Waals surface area contributed by atoms with Gasteiger partial charge in [0.05, 0.1) is 5.92 Å². The summed E-state index contributed by atoms with van der Waals surface area (Å²) in [6.45, 7) is 6.33. The number of benzene rings is 1. The van der Waals surface area contributed by atoms with Crippen molar-refractivity contribution in [3.8, 4) is 0 Å². The molecule has 3 nitrogen and oxygen atoms in total. The Hall–Kier alpha value is -1.35. The zero-order valence-electron chi connectivity index (χ0n) is 12.6. The number of piperidine rings is 1. The smallest absolute Gasteiger partial charge is 0.228 e. The fraction of sp³-hybridized carbons (Fsp3) is 0.588. The van der Waals surface area contributed by atoms with Crippen LogP contribution in [0.3, 0.4) is 0 Å². The van der Waals surface area contributed by atoms with Crippen LogP contribution in [0, 0.1) is 5.92 Å². The standard InChI is InChI=1S/C17H26N2O/c1-3-13(2)16(14-7-5-4-6-8-14)17(20)19-15-9-11-18-12-10-15/h4-8,13,15-16,18H,3,9-12H2,1-2H3,(H,19,20). The molecular formula is C17H26N2O. The number of nitrogens with one attached hydrogen (secondary N) is 2. The maximum atomic E-state index is 12.7. The molecule has 20 heavy (non-hydrogen) atoms. The second-order valence-electron chi connectivity index (χ2n) is 5.81. The van der Waals surface area contributed by atoms with E-state index in [-0.39, 0.29) is 11.8 Å². The van der Waals surface area contributed by atoms with Gasteiger partial charge >= 0.3 is 0 Å². The highest BCUT2D eigenvalue weighted by Crippen LogP contribution is 2.27. The Bertz CT molecular complexity index is 412. The van der Waals surface area contributed by atoms with Gasteiger partial charge < -0.3 is 10.6 Å². The average molecular weight is 274 g/mol. The Kier molecular flexibility index (Phi) is 5.60. The maximum absolute atomic E-state index is 12.7. The second kappa shape index (κ2) is 7.44. The molecule has 2 N–H and O–H groups in total. The molecule has 1 aromatic carbocycles. The van der Waals surface area contributed by atoms with E-state index < -0.39 is 0 Å². The molecule has 0 aliphatic carbocycles. The summed E-state index contributed by atoms with van der Waals surface area (Å²) in [6.07, 6.45) is 3.08. The van der Waals surface area contributed by atoms with Crippen LogP contribution in [0.15, 0.2) is 30.3 Å². The van der Waals surface area contributed by atoms with Gasteiger partial charge in [0.1, 0.15) is 0 Å². The molecule has 0 saturated carbocycles. The molecule has 0 aromatic heterocycles. The van der Waals surface area contributed by atoms with Crippen molar-refractivity contribution in [3.05, 3.63) is 35.9 Å². The highest BCUT2D eigenvalue weighted by atomic mass is 16.2. The molecule has 1 aliphatic rings. The van der Waals surface area contributed by atoms with Crippen LogP contribution in [-0.4, -0.2) is 25.0 Å². The first-order chi connectivity index (χ1) is 9.72. The molecular weight excluding hydrogens is 248 g/mol. The largest absolute Gasteiger partial charge is 0.353 e. The third-order valence-corrected chi connectivity index (χ3v) is 4.34. The quantitative estimate of drug-likeness (QED) is 0.867. The van der Waals surface area contributed by atoms with E-state index in [1.807, 2.05) is 18.2 Å². The molecule has 0 radical (unpaired) electrons. The molecule has 1 heterocycles. The van der Waals surface area contributed by atoms with Crippen LogP contribution < -0.4 is 10.6 Å². The average Bonchev–Trinajstić information content (AvgIpc) is 2.49. The van der Waals surface area contributed by atoms with E-state index in [0.29, 0.717) is 12.0 Å². The van der Waals surface area contributed by atoms with Crippen LogP contribution >= 0.6 is 0 Å². The van der Waals surface area contributed by atoms with Crippen molar-refractivity contribution in [2.75, 3.05) is 13.1 Å². The van der Waals surface area contributed by atoms with Crippen molar-refractivity contribution in [1.82, 2.24) is 10.6 Å². The van der Waals surface area contributed by atoms with Crippen LogP contribution in [-0.2, 0) is 4.79 Å². The van der Waals surface area contributed by atoms with Crippen LogP contribution in [0.1, 0.15) is 44.6 Å². The second-order valence-corrected chi connectivity index (χ2v) is 5.81. The van der Waals surface area contributed by atoms with Gasteiger partial charge in [0.2, 0.25) is 5.91 Å². The van der Waals surface area contributed by atoms with Crippen LogP contribution in [0.4, 0.5) is 0 Å². The lowest BCUT2D eigenvalue weighted by Gasteiger charge is -2.28. The number of hydrogen-bond donors (Lipinski definition) is 2. The number of carbonyl (C=O) groups excluding carboxylic acids is 1. The van der Waals surface area contributed by atoms with Gasteiger partial charge in [0, 0.05) is 6.04 Å². The highest BCUT2D eigenvalue weighted by molar-refractivity contribution is 5.84. The first kappa shape index (κ1) is 15.0. The fourth-order valence-electron chi connectivity index (χ4n) is 2.89. The molecule has 2 atom stereocenters. The highest BCUT2D eigenvalue weighted by Gasteiger charge is 2.27. The molecule has 3 heteroatoms. The Balaban J connectivity index is 2.08. The molecule has 2 rings (SSSR count). The minimum Gasteiger partial charge on any atom is -0.353 e. The van der Waals surface area contributed by atoms with Crippen molar-refractivity contribution in [2.45, 2.75) is 45.1 Å². The van der Waals surface area contributed by atoms with Gasteiger partial charge in [-0.3, -0.25) is 4.79 Å². The summed E-state index contributed by atoms with van der Waals surface area (Å²) < 4.78 is 0. The van der Waals surface area contributed by atoms with E-state index in [0.717, 1.165) is 37.9 Å². The fourth-order valence-corrected chi connectivity index (χ4v) is 2.89. The summed E-state index contributed by atoms with van der Waals surface area (Å²) in [4.78, 5) is 12.7. The predicted octanol–water partition coefficient (Wildman–Crippen LogP) is 2.68. The van der Waals surface area contributed by atoms with Gasteiger partial charge in [-0.2, -0.15) is 0 Å². The Labute approximate surface area is 122 Å². The summed E-state index contributed by atoms with van der Waals surface area (Å²) in [5.41, 5.74) is 1.13.